The summed E-state index contributed by atoms with van der Waals surface area (Å²) in [4.78, 5) is 0.719. The predicted molar refractivity (Wildman–Crippen MR) is 102 cm³/mol. The summed E-state index contributed by atoms with van der Waals surface area (Å²) < 4.78 is 43.3. The van der Waals surface area contributed by atoms with Gasteiger partial charge in [0.15, 0.2) is 0 Å². The van der Waals surface area contributed by atoms with Gasteiger partial charge in [-0.1, -0.05) is 72.8 Å². The molecule has 4 rings (SSSR count). The molecule has 0 aromatic heterocycles. The zero-order valence-electron chi connectivity index (χ0n) is 13.8. The zero-order valence-corrected chi connectivity index (χ0v) is 16.5. The van der Waals surface area contributed by atoms with Crippen LogP contribution in [-0.4, -0.2) is 17.5 Å². The smallest absolute Gasteiger partial charge is 0.768 e. The Morgan fingerprint density at radius 3 is 1.22 bits per heavy atom. The van der Waals surface area contributed by atoms with Crippen molar-refractivity contribution < 1.29 is 34.0 Å². The molecule has 0 radical (unpaired) electrons. The molecule has 0 fully saturated rings. The van der Waals surface area contributed by atoms with Crippen LogP contribution < -0.4 is 0 Å². The van der Waals surface area contributed by atoms with Crippen molar-refractivity contribution in [3.05, 3.63) is 84.9 Å². The molecule has 2 unspecified atom stereocenters. The summed E-state index contributed by atoms with van der Waals surface area (Å²) in [6, 6.07) is 25.3. The van der Waals surface area contributed by atoms with Gasteiger partial charge in [-0.3, -0.25) is 8.42 Å². The van der Waals surface area contributed by atoms with Crippen molar-refractivity contribution in [2.45, 2.75) is 9.79 Å². The fourth-order valence-corrected chi connectivity index (χ4v) is 3.79. The van der Waals surface area contributed by atoms with E-state index in [1.54, 1.807) is 36.4 Å². The van der Waals surface area contributed by atoms with Crippen molar-refractivity contribution in [2.75, 3.05) is 0 Å². The largest absolute Gasteiger partial charge is 2.00 e. The van der Waals surface area contributed by atoms with E-state index >= 15 is 0 Å². The number of rotatable bonds is 2. The molecule has 0 spiro atoms. The van der Waals surface area contributed by atoms with Crippen LogP contribution in [-0.2, 0) is 38.7 Å². The van der Waals surface area contributed by atoms with Gasteiger partial charge in [-0.25, -0.2) is 0 Å². The molecule has 27 heavy (non-hydrogen) atoms. The van der Waals surface area contributed by atoms with E-state index in [0.717, 1.165) is 21.5 Å². The molecular formula is C20H14NiO4S2. The van der Waals surface area contributed by atoms with Gasteiger partial charge < -0.3 is 9.11 Å². The molecule has 140 valence electrons. The molecule has 0 aliphatic rings. The Kier molecular flexibility index (Phi) is 7.83. The van der Waals surface area contributed by atoms with Gasteiger partial charge in [0.25, 0.3) is 0 Å². The van der Waals surface area contributed by atoms with Crippen molar-refractivity contribution in [1.29, 1.82) is 0 Å². The van der Waals surface area contributed by atoms with Crippen LogP contribution in [0.3, 0.4) is 0 Å². The van der Waals surface area contributed by atoms with E-state index in [4.69, 9.17) is 0 Å². The molecule has 0 saturated carbocycles. The second-order valence-corrected chi connectivity index (χ2v) is 7.24. The summed E-state index contributed by atoms with van der Waals surface area (Å²) in [7, 11) is 0. The van der Waals surface area contributed by atoms with Gasteiger partial charge in [0.1, 0.15) is 0 Å². The molecule has 7 heteroatoms. The Bertz CT molecular complexity index is 1020. The Balaban J connectivity index is 0.000000187. The van der Waals surface area contributed by atoms with Crippen LogP contribution in [0.5, 0.6) is 0 Å². The van der Waals surface area contributed by atoms with Gasteiger partial charge in [-0.2, -0.15) is 0 Å². The van der Waals surface area contributed by atoms with E-state index < -0.39 is 22.2 Å². The van der Waals surface area contributed by atoms with Crippen LogP contribution in [0.1, 0.15) is 0 Å². The van der Waals surface area contributed by atoms with E-state index in [2.05, 4.69) is 0 Å². The fraction of sp³-hybridized carbons (Fsp3) is 0. The third-order valence-electron chi connectivity index (χ3n) is 3.86. The first-order chi connectivity index (χ1) is 12.6. The van der Waals surface area contributed by atoms with Gasteiger partial charge >= 0.3 is 16.5 Å². The summed E-state index contributed by atoms with van der Waals surface area (Å²) in [6.45, 7) is 0. The third kappa shape index (κ3) is 5.09. The van der Waals surface area contributed by atoms with E-state index in [0.29, 0.717) is 9.79 Å². The minimum Gasteiger partial charge on any atom is -0.768 e. The predicted octanol–water partition coefficient (Wildman–Crippen LogP) is 4.15. The molecule has 0 heterocycles. The van der Waals surface area contributed by atoms with Crippen LogP contribution in [0.4, 0.5) is 0 Å². The average Bonchev–Trinajstić information content (AvgIpc) is 2.67. The summed E-state index contributed by atoms with van der Waals surface area (Å²) in [5.74, 6) is 0. The number of fused-ring (bicyclic) bond motifs is 2. The summed E-state index contributed by atoms with van der Waals surface area (Å²) in [5.41, 5.74) is 0. The monoisotopic (exact) mass is 440 g/mol. The SMILES string of the molecule is O=S([O-])c1cccc2ccccc12.O=S([O-])c1cccc2ccccc12.[Ni+2]. The molecular weight excluding hydrogens is 427 g/mol. The maximum Gasteiger partial charge on any atom is 2.00 e. The topological polar surface area (TPSA) is 80.3 Å². The van der Waals surface area contributed by atoms with Crippen LogP contribution in [0, 0.1) is 0 Å². The molecule has 4 aromatic carbocycles. The summed E-state index contributed by atoms with van der Waals surface area (Å²) in [5, 5.41) is 3.45. The minimum atomic E-state index is -2.15. The van der Waals surface area contributed by atoms with Gasteiger partial charge in [0, 0.05) is 9.79 Å². The quantitative estimate of drug-likeness (QED) is 0.346. The molecule has 0 bridgehead atoms. The number of benzene rings is 4. The molecule has 4 aromatic rings. The molecule has 4 nitrogen and oxygen atoms in total. The van der Waals surface area contributed by atoms with Crippen LogP contribution in [0.2, 0.25) is 0 Å². The van der Waals surface area contributed by atoms with Crippen LogP contribution >= 0.6 is 0 Å². The van der Waals surface area contributed by atoms with E-state index in [1.165, 1.54) is 0 Å². The minimum absolute atomic E-state index is 0. The Morgan fingerprint density at radius 1 is 0.519 bits per heavy atom. The van der Waals surface area contributed by atoms with Crippen LogP contribution in [0.15, 0.2) is 94.7 Å². The van der Waals surface area contributed by atoms with Gasteiger partial charge in [0.2, 0.25) is 0 Å². The summed E-state index contributed by atoms with van der Waals surface area (Å²) in [6.07, 6.45) is 0. The Morgan fingerprint density at radius 2 is 0.852 bits per heavy atom. The Labute approximate surface area is 172 Å². The number of hydrogen-bond acceptors (Lipinski definition) is 4. The second-order valence-electron chi connectivity index (χ2n) is 5.42. The molecule has 0 aliphatic heterocycles. The van der Waals surface area contributed by atoms with Gasteiger partial charge in [0.05, 0.1) is 0 Å². The van der Waals surface area contributed by atoms with Crippen molar-refractivity contribution in [3.8, 4) is 0 Å². The zero-order chi connectivity index (χ0) is 18.5. The molecule has 0 aliphatic carbocycles. The average molecular weight is 441 g/mol. The Hall–Kier alpha value is -1.89. The van der Waals surface area contributed by atoms with Crippen molar-refractivity contribution >= 4 is 43.7 Å². The maximum atomic E-state index is 10.8. The molecule has 2 atom stereocenters. The first kappa shape index (κ1) is 21.4. The van der Waals surface area contributed by atoms with Crippen LogP contribution in [0.25, 0.3) is 21.5 Å². The fourth-order valence-electron chi connectivity index (χ4n) is 2.68. The van der Waals surface area contributed by atoms with Crippen molar-refractivity contribution in [3.63, 3.8) is 0 Å². The molecule has 0 N–H and O–H groups in total. The van der Waals surface area contributed by atoms with Crippen molar-refractivity contribution in [2.24, 2.45) is 0 Å². The van der Waals surface area contributed by atoms with E-state index in [9.17, 15) is 17.5 Å². The van der Waals surface area contributed by atoms with Gasteiger partial charge in [-0.15, -0.1) is 0 Å². The van der Waals surface area contributed by atoms with E-state index in [-0.39, 0.29) is 16.5 Å². The van der Waals surface area contributed by atoms with E-state index in [1.807, 2.05) is 48.5 Å². The first-order valence-electron chi connectivity index (χ1n) is 7.72. The summed E-state index contributed by atoms with van der Waals surface area (Å²) >= 11 is -4.31. The normalized spacial score (nSPS) is 12.5. The third-order valence-corrected chi connectivity index (χ3v) is 5.29. The first-order valence-corrected chi connectivity index (χ1v) is 9.87. The van der Waals surface area contributed by atoms with Crippen molar-refractivity contribution in [1.82, 2.24) is 0 Å². The second kappa shape index (κ2) is 9.88. The maximum absolute atomic E-state index is 10.8. The van der Waals surface area contributed by atoms with Gasteiger partial charge in [-0.05, 0) is 55.8 Å². The number of hydrogen-bond donors (Lipinski definition) is 0. The molecule has 0 amide bonds. The molecule has 0 saturated heterocycles. The standard InChI is InChI=1S/2C10H8O2S.Ni/c2*11-13(12)10-7-3-5-8-4-1-2-6-9(8)10;/h2*1-7H,(H,11,12);/q;;+2/p-2.